The van der Waals surface area contributed by atoms with Crippen LogP contribution in [-0.4, -0.2) is 31.1 Å². The summed E-state index contributed by atoms with van der Waals surface area (Å²) in [6.07, 6.45) is 3.35. The van der Waals surface area contributed by atoms with Gasteiger partial charge in [0.25, 0.3) is 0 Å². The molecule has 0 spiro atoms. The van der Waals surface area contributed by atoms with Gasteiger partial charge in [-0.3, -0.25) is 4.79 Å². The lowest BCUT2D eigenvalue weighted by Crippen LogP contribution is -2.35. The fourth-order valence-electron chi connectivity index (χ4n) is 2.52. The summed E-state index contributed by atoms with van der Waals surface area (Å²) in [5.74, 6) is 1.38. The van der Waals surface area contributed by atoms with Gasteiger partial charge in [0, 0.05) is 24.2 Å². The van der Waals surface area contributed by atoms with Crippen molar-refractivity contribution in [2.24, 2.45) is 0 Å². The first-order chi connectivity index (χ1) is 12.0. The highest BCUT2D eigenvalue weighted by Crippen LogP contribution is 2.25. The third-order valence-corrected chi connectivity index (χ3v) is 3.94. The molecule has 0 aromatic heterocycles. The Bertz CT molecular complexity index is 723. The first kappa shape index (κ1) is 18.6. The topological polar surface area (TPSA) is 38.8 Å². The highest BCUT2D eigenvalue weighted by atomic mass is 16.5. The summed E-state index contributed by atoms with van der Waals surface area (Å²) in [5.41, 5.74) is 1.91. The van der Waals surface area contributed by atoms with Gasteiger partial charge >= 0.3 is 0 Å². The normalized spacial score (nSPS) is 10.9. The molecule has 0 saturated heterocycles. The molecule has 0 atom stereocenters. The van der Waals surface area contributed by atoms with Crippen LogP contribution in [0.4, 0.5) is 0 Å². The molecule has 2 rings (SSSR count). The summed E-state index contributed by atoms with van der Waals surface area (Å²) in [6, 6.07) is 15.6. The van der Waals surface area contributed by atoms with Crippen molar-refractivity contribution in [3.63, 3.8) is 0 Å². The number of hydrogen-bond acceptors (Lipinski definition) is 3. The molecule has 25 heavy (non-hydrogen) atoms. The summed E-state index contributed by atoms with van der Waals surface area (Å²) in [4.78, 5) is 14.5. The van der Waals surface area contributed by atoms with Gasteiger partial charge in [-0.25, -0.2) is 0 Å². The van der Waals surface area contributed by atoms with Crippen LogP contribution in [0.5, 0.6) is 11.5 Å². The number of carbonyl (C=O) groups is 1. The summed E-state index contributed by atoms with van der Waals surface area (Å²) >= 11 is 0. The van der Waals surface area contributed by atoms with E-state index in [9.17, 15) is 4.79 Å². The van der Waals surface area contributed by atoms with Crippen LogP contribution in [-0.2, 0) is 11.3 Å². The zero-order valence-corrected chi connectivity index (χ0v) is 15.2. The zero-order valence-electron chi connectivity index (χ0n) is 15.2. The Morgan fingerprint density at radius 3 is 2.40 bits per heavy atom. The Morgan fingerprint density at radius 2 is 1.80 bits per heavy atom. The molecule has 4 heteroatoms. The number of carbonyl (C=O) groups excluding carboxylic acids is 1. The maximum absolute atomic E-state index is 12.7. The number of benzene rings is 2. The molecule has 0 saturated carbocycles. The fraction of sp³-hybridized carbons (Fsp3) is 0.286. The fourth-order valence-corrected chi connectivity index (χ4v) is 2.52. The van der Waals surface area contributed by atoms with E-state index in [1.165, 1.54) is 0 Å². The second kappa shape index (κ2) is 8.92. The minimum Gasteiger partial charge on any atom is -0.497 e. The molecule has 0 N–H and O–H groups in total. The van der Waals surface area contributed by atoms with Gasteiger partial charge < -0.3 is 14.4 Å². The lowest BCUT2D eigenvalue weighted by molar-refractivity contribution is -0.128. The predicted octanol–water partition coefficient (Wildman–Crippen LogP) is 4.15. The number of nitrogens with zero attached hydrogens (tertiary/aromatic N) is 1. The molecule has 0 unspecified atom stereocenters. The predicted molar refractivity (Wildman–Crippen MR) is 101 cm³/mol. The summed E-state index contributed by atoms with van der Waals surface area (Å²) in [6.45, 7) is 4.61. The highest BCUT2D eigenvalue weighted by molar-refractivity contribution is 5.92. The minimum absolute atomic E-state index is 0.0382. The van der Waals surface area contributed by atoms with Gasteiger partial charge in [0.1, 0.15) is 11.5 Å². The summed E-state index contributed by atoms with van der Waals surface area (Å²) in [7, 11) is 3.22. The van der Waals surface area contributed by atoms with Gasteiger partial charge in [0.2, 0.25) is 5.91 Å². The summed E-state index contributed by atoms with van der Waals surface area (Å²) in [5, 5.41) is 0. The first-order valence-electron chi connectivity index (χ1n) is 8.29. The SMILES string of the molecule is COc1ccc(OC)c(/C=C/C(=O)N(Cc2ccccc2)C(C)C)c1. The average molecular weight is 339 g/mol. The van der Waals surface area contributed by atoms with E-state index >= 15 is 0 Å². The number of ether oxygens (including phenoxy) is 2. The van der Waals surface area contributed by atoms with E-state index in [1.54, 1.807) is 26.4 Å². The third kappa shape index (κ3) is 5.11. The lowest BCUT2D eigenvalue weighted by atomic mass is 10.1. The molecule has 0 aliphatic rings. The number of methoxy groups -OCH3 is 2. The molecule has 2 aromatic carbocycles. The highest BCUT2D eigenvalue weighted by Gasteiger charge is 2.15. The van der Waals surface area contributed by atoms with Crippen molar-refractivity contribution in [1.29, 1.82) is 0 Å². The molecule has 2 aromatic rings. The smallest absolute Gasteiger partial charge is 0.247 e. The van der Waals surface area contributed by atoms with Crippen LogP contribution in [0.2, 0.25) is 0 Å². The molecule has 0 fully saturated rings. The monoisotopic (exact) mass is 339 g/mol. The van der Waals surface area contributed by atoms with Crippen molar-refractivity contribution in [3.8, 4) is 11.5 Å². The van der Waals surface area contributed by atoms with Crippen molar-refractivity contribution in [2.45, 2.75) is 26.4 Å². The quantitative estimate of drug-likeness (QED) is 0.711. The Balaban J connectivity index is 2.19. The number of hydrogen-bond donors (Lipinski definition) is 0. The van der Waals surface area contributed by atoms with Crippen molar-refractivity contribution in [3.05, 3.63) is 65.7 Å². The van der Waals surface area contributed by atoms with Crippen LogP contribution in [0.3, 0.4) is 0 Å². The van der Waals surface area contributed by atoms with E-state index in [-0.39, 0.29) is 11.9 Å². The molecular weight excluding hydrogens is 314 g/mol. The van der Waals surface area contributed by atoms with E-state index in [0.29, 0.717) is 12.3 Å². The molecule has 0 bridgehead atoms. The van der Waals surface area contributed by atoms with Crippen LogP contribution in [0.15, 0.2) is 54.6 Å². The third-order valence-electron chi connectivity index (χ3n) is 3.94. The summed E-state index contributed by atoms with van der Waals surface area (Å²) < 4.78 is 10.6. The van der Waals surface area contributed by atoms with E-state index in [4.69, 9.17) is 9.47 Å². The van der Waals surface area contributed by atoms with Crippen molar-refractivity contribution in [1.82, 2.24) is 4.90 Å². The molecule has 132 valence electrons. The Morgan fingerprint density at radius 1 is 1.08 bits per heavy atom. The molecule has 0 radical (unpaired) electrons. The Hall–Kier alpha value is -2.75. The van der Waals surface area contributed by atoms with Gasteiger partial charge in [0.15, 0.2) is 0 Å². The maximum Gasteiger partial charge on any atom is 0.247 e. The van der Waals surface area contributed by atoms with Gasteiger partial charge in [0.05, 0.1) is 14.2 Å². The van der Waals surface area contributed by atoms with Crippen molar-refractivity contribution < 1.29 is 14.3 Å². The van der Waals surface area contributed by atoms with Gasteiger partial charge in [-0.2, -0.15) is 0 Å². The molecule has 4 nitrogen and oxygen atoms in total. The van der Waals surface area contributed by atoms with Crippen LogP contribution < -0.4 is 9.47 Å². The maximum atomic E-state index is 12.7. The number of amides is 1. The first-order valence-corrected chi connectivity index (χ1v) is 8.29. The van der Waals surface area contributed by atoms with Crippen LogP contribution >= 0.6 is 0 Å². The average Bonchev–Trinajstić information content (AvgIpc) is 2.64. The Labute approximate surface area is 149 Å². The molecule has 0 aliphatic heterocycles. The van der Waals surface area contributed by atoms with E-state index in [2.05, 4.69) is 0 Å². The molecular formula is C21H25NO3. The second-order valence-corrected chi connectivity index (χ2v) is 5.99. The zero-order chi connectivity index (χ0) is 18.2. The lowest BCUT2D eigenvalue weighted by Gasteiger charge is -2.25. The van der Waals surface area contributed by atoms with E-state index < -0.39 is 0 Å². The van der Waals surface area contributed by atoms with E-state index in [0.717, 1.165) is 16.9 Å². The second-order valence-electron chi connectivity index (χ2n) is 5.99. The van der Waals surface area contributed by atoms with Crippen LogP contribution in [0.1, 0.15) is 25.0 Å². The van der Waals surface area contributed by atoms with Gasteiger partial charge in [-0.15, -0.1) is 0 Å². The van der Waals surface area contributed by atoms with Gasteiger partial charge in [-0.1, -0.05) is 30.3 Å². The van der Waals surface area contributed by atoms with E-state index in [1.807, 2.05) is 67.3 Å². The van der Waals surface area contributed by atoms with Crippen LogP contribution in [0.25, 0.3) is 6.08 Å². The minimum atomic E-state index is -0.0382. The molecule has 1 amide bonds. The Kier molecular flexibility index (Phi) is 6.63. The molecule has 0 aliphatic carbocycles. The van der Waals surface area contributed by atoms with Crippen molar-refractivity contribution >= 4 is 12.0 Å². The standard InChI is InChI=1S/C21H25NO3/c1-16(2)22(15-17-8-6-5-7-9-17)21(23)13-10-18-14-19(24-3)11-12-20(18)25-4/h5-14,16H,15H2,1-4H3/b13-10+. The largest absolute Gasteiger partial charge is 0.497 e. The van der Waals surface area contributed by atoms with Gasteiger partial charge in [-0.05, 0) is 43.7 Å². The van der Waals surface area contributed by atoms with Crippen molar-refractivity contribution in [2.75, 3.05) is 14.2 Å². The molecule has 0 heterocycles. The van der Waals surface area contributed by atoms with Crippen LogP contribution in [0, 0.1) is 0 Å². The number of rotatable bonds is 7.